The van der Waals surface area contributed by atoms with Crippen LogP contribution in [0.2, 0.25) is 0 Å². The van der Waals surface area contributed by atoms with E-state index in [9.17, 15) is 0 Å². The summed E-state index contributed by atoms with van der Waals surface area (Å²) in [6.07, 6.45) is 3.89. The van der Waals surface area contributed by atoms with Crippen LogP contribution >= 0.6 is 0 Å². The average Bonchev–Trinajstić information content (AvgIpc) is 3.05. The Morgan fingerprint density at radius 2 is 1.76 bits per heavy atom. The molecular weight excluding hydrogens is 208 g/mol. The summed E-state index contributed by atoms with van der Waals surface area (Å²) in [7, 11) is 0. The van der Waals surface area contributed by atoms with Crippen molar-refractivity contribution in [2.45, 2.75) is 51.2 Å². The van der Waals surface area contributed by atoms with Crippen LogP contribution in [0.1, 0.15) is 42.0 Å². The highest BCUT2D eigenvalue weighted by Crippen LogP contribution is 2.42. The van der Waals surface area contributed by atoms with Crippen LogP contribution in [0.4, 0.5) is 0 Å². The van der Waals surface area contributed by atoms with E-state index in [-0.39, 0.29) is 0 Å². The van der Waals surface area contributed by atoms with Gasteiger partial charge < -0.3 is 5.73 Å². The predicted octanol–water partition coefficient (Wildman–Crippen LogP) is 2.54. The van der Waals surface area contributed by atoms with Crippen LogP contribution in [-0.2, 0) is 0 Å². The molecule has 0 radical (unpaired) electrons. The number of benzene rings is 1. The molecule has 1 aromatic carbocycles. The molecule has 0 spiro atoms. The van der Waals surface area contributed by atoms with Gasteiger partial charge in [0.1, 0.15) is 0 Å². The summed E-state index contributed by atoms with van der Waals surface area (Å²) in [4.78, 5) is 2.65. The molecule has 2 aliphatic rings. The lowest BCUT2D eigenvalue weighted by molar-refractivity contribution is 0.236. The van der Waals surface area contributed by atoms with Crippen molar-refractivity contribution in [2.75, 3.05) is 6.54 Å². The zero-order valence-electron chi connectivity index (χ0n) is 10.8. The Morgan fingerprint density at radius 1 is 1.12 bits per heavy atom. The summed E-state index contributed by atoms with van der Waals surface area (Å²) in [5.41, 5.74) is 10.7. The van der Waals surface area contributed by atoms with Gasteiger partial charge in [0, 0.05) is 18.6 Å². The standard InChI is InChI=1S/C15H22N2/c1-10-4-3-5-11(2)14(10)15-13(16)8-9-17(15)12-6-7-12/h3-5,12-13,15H,6-9,16H2,1-2H3. The van der Waals surface area contributed by atoms with Gasteiger partial charge in [0.05, 0.1) is 6.04 Å². The maximum absolute atomic E-state index is 6.36. The molecule has 3 rings (SSSR count). The monoisotopic (exact) mass is 230 g/mol. The number of nitrogens with zero attached hydrogens (tertiary/aromatic N) is 1. The van der Waals surface area contributed by atoms with E-state index in [1.165, 1.54) is 36.1 Å². The minimum Gasteiger partial charge on any atom is -0.326 e. The van der Waals surface area contributed by atoms with Gasteiger partial charge in [0.2, 0.25) is 0 Å². The van der Waals surface area contributed by atoms with Crippen molar-refractivity contribution in [1.29, 1.82) is 0 Å². The Morgan fingerprint density at radius 3 is 2.35 bits per heavy atom. The molecule has 2 N–H and O–H groups in total. The molecule has 1 aliphatic heterocycles. The second-order valence-electron chi connectivity index (χ2n) is 5.67. The third kappa shape index (κ3) is 1.90. The van der Waals surface area contributed by atoms with Crippen LogP contribution in [0.5, 0.6) is 0 Å². The van der Waals surface area contributed by atoms with Crippen molar-refractivity contribution in [3.05, 3.63) is 34.9 Å². The number of nitrogens with two attached hydrogens (primary N) is 1. The molecule has 0 amide bonds. The number of likely N-dealkylation sites (tertiary alicyclic amines) is 1. The molecule has 0 aromatic heterocycles. The topological polar surface area (TPSA) is 29.3 Å². The Labute approximate surface area is 104 Å². The molecule has 2 heteroatoms. The van der Waals surface area contributed by atoms with Gasteiger partial charge in [-0.25, -0.2) is 0 Å². The van der Waals surface area contributed by atoms with Gasteiger partial charge in [-0.05, 0) is 49.8 Å². The SMILES string of the molecule is Cc1cccc(C)c1C1C(N)CCN1C1CC1. The Kier molecular flexibility index (Phi) is 2.72. The zero-order valence-corrected chi connectivity index (χ0v) is 10.8. The second kappa shape index (κ2) is 4.11. The van der Waals surface area contributed by atoms with E-state index in [1.54, 1.807) is 0 Å². The maximum Gasteiger partial charge on any atom is 0.0507 e. The number of rotatable bonds is 2. The van der Waals surface area contributed by atoms with Gasteiger partial charge in [0.25, 0.3) is 0 Å². The number of hydrogen-bond donors (Lipinski definition) is 1. The van der Waals surface area contributed by atoms with Crippen molar-refractivity contribution in [1.82, 2.24) is 4.90 Å². The summed E-state index contributed by atoms with van der Waals surface area (Å²) in [5.74, 6) is 0. The molecule has 2 unspecified atom stereocenters. The molecule has 17 heavy (non-hydrogen) atoms. The van der Waals surface area contributed by atoms with Crippen molar-refractivity contribution in [3.63, 3.8) is 0 Å². The lowest BCUT2D eigenvalue weighted by atomic mass is 9.92. The fraction of sp³-hybridized carbons (Fsp3) is 0.600. The average molecular weight is 230 g/mol. The maximum atomic E-state index is 6.36. The van der Waals surface area contributed by atoms with Crippen LogP contribution in [-0.4, -0.2) is 23.5 Å². The minimum absolute atomic E-state index is 0.315. The summed E-state index contributed by atoms with van der Waals surface area (Å²) in [6, 6.07) is 8.18. The van der Waals surface area contributed by atoms with E-state index in [0.29, 0.717) is 12.1 Å². The molecule has 2 atom stereocenters. The van der Waals surface area contributed by atoms with Crippen LogP contribution in [0.25, 0.3) is 0 Å². The highest BCUT2D eigenvalue weighted by atomic mass is 15.2. The molecule has 2 nitrogen and oxygen atoms in total. The third-order valence-corrected chi connectivity index (χ3v) is 4.34. The first kappa shape index (κ1) is 11.2. The van der Waals surface area contributed by atoms with Gasteiger partial charge in [0.15, 0.2) is 0 Å². The molecule has 92 valence electrons. The van der Waals surface area contributed by atoms with E-state index in [1.807, 2.05) is 0 Å². The van der Waals surface area contributed by atoms with Crippen molar-refractivity contribution >= 4 is 0 Å². The molecule has 1 aliphatic carbocycles. The number of hydrogen-bond acceptors (Lipinski definition) is 2. The van der Waals surface area contributed by atoms with E-state index < -0.39 is 0 Å². The van der Waals surface area contributed by atoms with Gasteiger partial charge in [-0.15, -0.1) is 0 Å². The fourth-order valence-corrected chi connectivity index (χ4v) is 3.33. The third-order valence-electron chi connectivity index (χ3n) is 4.34. The first-order valence-corrected chi connectivity index (χ1v) is 6.76. The smallest absolute Gasteiger partial charge is 0.0507 e. The molecule has 1 saturated heterocycles. The summed E-state index contributed by atoms with van der Waals surface area (Å²) in [5, 5.41) is 0. The molecule has 1 saturated carbocycles. The van der Waals surface area contributed by atoms with Gasteiger partial charge >= 0.3 is 0 Å². The molecule has 1 heterocycles. The van der Waals surface area contributed by atoms with Crippen LogP contribution in [0, 0.1) is 13.8 Å². The Hall–Kier alpha value is -0.860. The molecule has 2 fully saturated rings. The quantitative estimate of drug-likeness (QED) is 0.846. The van der Waals surface area contributed by atoms with Crippen molar-refractivity contribution < 1.29 is 0 Å². The van der Waals surface area contributed by atoms with Crippen molar-refractivity contribution in [2.24, 2.45) is 5.73 Å². The summed E-state index contributed by atoms with van der Waals surface area (Å²) >= 11 is 0. The second-order valence-corrected chi connectivity index (χ2v) is 5.67. The predicted molar refractivity (Wildman–Crippen MR) is 71.0 cm³/mol. The summed E-state index contributed by atoms with van der Waals surface area (Å²) in [6.45, 7) is 5.63. The normalized spacial score (nSPS) is 29.8. The summed E-state index contributed by atoms with van der Waals surface area (Å²) < 4.78 is 0. The van der Waals surface area contributed by atoms with Crippen LogP contribution in [0.15, 0.2) is 18.2 Å². The number of aryl methyl sites for hydroxylation is 2. The van der Waals surface area contributed by atoms with E-state index >= 15 is 0 Å². The highest BCUT2D eigenvalue weighted by molar-refractivity contribution is 5.38. The molecular formula is C15H22N2. The van der Waals surface area contributed by atoms with Gasteiger partial charge in [-0.1, -0.05) is 18.2 Å². The Bertz CT molecular complexity index is 403. The fourth-order valence-electron chi connectivity index (χ4n) is 3.33. The van der Waals surface area contributed by atoms with Crippen LogP contribution < -0.4 is 5.73 Å². The molecule has 1 aromatic rings. The first-order chi connectivity index (χ1) is 8.18. The van der Waals surface area contributed by atoms with Crippen LogP contribution in [0.3, 0.4) is 0 Å². The zero-order chi connectivity index (χ0) is 12.0. The lowest BCUT2D eigenvalue weighted by Gasteiger charge is -2.29. The van der Waals surface area contributed by atoms with E-state index in [4.69, 9.17) is 5.73 Å². The minimum atomic E-state index is 0.315. The van der Waals surface area contributed by atoms with Crippen molar-refractivity contribution in [3.8, 4) is 0 Å². The van der Waals surface area contributed by atoms with E-state index in [2.05, 4.69) is 36.9 Å². The van der Waals surface area contributed by atoms with Gasteiger partial charge in [-0.2, -0.15) is 0 Å². The highest BCUT2D eigenvalue weighted by Gasteiger charge is 2.42. The largest absolute Gasteiger partial charge is 0.326 e. The Balaban J connectivity index is 2.00. The first-order valence-electron chi connectivity index (χ1n) is 6.76. The molecule has 0 bridgehead atoms. The van der Waals surface area contributed by atoms with E-state index in [0.717, 1.165) is 12.5 Å². The van der Waals surface area contributed by atoms with Gasteiger partial charge in [-0.3, -0.25) is 4.90 Å². The lowest BCUT2D eigenvalue weighted by Crippen LogP contribution is -2.34.